The Morgan fingerprint density at radius 1 is 1.14 bits per heavy atom. The number of carbonyl (C=O) groups excluding carboxylic acids is 1. The average Bonchev–Trinajstić information content (AvgIpc) is 2.46. The third-order valence-corrected chi connectivity index (χ3v) is 3.03. The molecule has 0 spiro atoms. The van der Waals surface area contributed by atoms with E-state index in [1.807, 2.05) is 12.1 Å². The lowest BCUT2D eigenvalue weighted by atomic mass is 10.0. The van der Waals surface area contributed by atoms with Crippen molar-refractivity contribution in [2.45, 2.75) is 26.8 Å². The van der Waals surface area contributed by atoms with Gasteiger partial charge in [0.1, 0.15) is 5.69 Å². The number of hydrogen-bond donors (Lipinski definition) is 2. The highest BCUT2D eigenvalue weighted by atomic mass is 16.2. The summed E-state index contributed by atoms with van der Waals surface area (Å²) in [5, 5.41) is 8.70. The topological polar surface area (TPSA) is 74.8 Å². The van der Waals surface area contributed by atoms with Gasteiger partial charge in [0.25, 0.3) is 11.5 Å². The normalized spacial score (nSPS) is 10.6. The van der Waals surface area contributed by atoms with Gasteiger partial charge in [0, 0.05) is 12.6 Å². The number of benzene rings is 1. The van der Waals surface area contributed by atoms with Gasteiger partial charge in [-0.25, -0.2) is 5.10 Å². The summed E-state index contributed by atoms with van der Waals surface area (Å²) in [6.07, 6.45) is 1.05. The van der Waals surface area contributed by atoms with Crippen molar-refractivity contribution < 1.29 is 4.79 Å². The molecule has 0 atom stereocenters. The fourth-order valence-corrected chi connectivity index (χ4v) is 2.01. The molecule has 21 heavy (non-hydrogen) atoms. The van der Waals surface area contributed by atoms with Gasteiger partial charge in [0.2, 0.25) is 0 Å². The lowest BCUT2D eigenvalue weighted by Crippen LogP contribution is -2.25. The minimum atomic E-state index is -0.327. The first kappa shape index (κ1) is 15.0. The van der Waals surface area contributed by atoms with E-state index in [0.29, 0.717) is 12.5 Å². The molecule has 0 saturated heterocycles. The molecule has 1 aromatic carbocycles. The van der Waals surface area contributed by atoms with Crippen LogP contribution < -0.4 is 10.9 Å². The fraction of sp³-hybridized carbons (Fsp3) is 0.312. The molecule has 0 aliphatic carbocycles. The number of rotatable bonds is 5. The molecule has 2 aromatic rings. The standard InChI is InChI=1S/C16H19N3O2/c1-11(2)9-12-3-5-13(6-4-12)10-17-16(21)14-7-8-15(20)19-18-14/h3-8,11H,9-10H2,1-2H3,(H,17,21)(H,19,20). The molecular formula is C16H19N3O2. The molecule has 110 valence electrons. The second-order valence-electron chi connectivity index (χ2n) is 5.40. The van der Waals surface area contributed by atoms with Gasteiger partial charge in [0.05, 0.1) is 0 Å². The summed E-state index contributed by atoms with van der Waals surface area (Å²) in [5.74, 6) is 0.319. The van der Waals surface area contributed by atoms with Gasteiger partial charge in [-0.1, -0.05) is 38.1 Å². The summed E-state index contributed by atoms with van der Waals surface area (Å²) in [6, 6.07) is 10.9. The molecule has 0 radical (unpaired) electrons. The van der Waals surface area contributed by atoms with E-state index in [1.54, 1.807) is 0 Å². The molecule has 1 amide bonds. The number of nitrogens with one attached hydrogen (secondary N) is 2. The first-order valence-electron chi connectivity index (χ1n) is 6.96. The molecule has 2 N–H and O–H groups in total. The SMILES string of the molecule is CC(C)Cc1ccc(CNC(=O)c2ccc(=O)[nH]n2)cc1. The number of carbonyl (C=O) groups is 1. The number of aromatic nitrogens is 2. The van der Waals surface area contributed by atoms with Gasteiger partial charge in [-0.05, 0) is 29.5 Å². The highest BCUT2D eigenvalue weighted by Crippen LogP contribution is 2.09. The van der Waals surface area contributed by atoms with Crippen LogP contribution >= 0.6 is 0 Å². The summed E-state index contributed by atoms with van der Waals surface area (Å²) in [7, 11) is 0. The Morgan fingerprint density at radius 2 is 1.81 bits per heavy atom. The Kier molecular flexibility index (Phi) is 4.87. The Labute approximate surface area is 123 Å². The van der Waals surface area contributed by atoms with E-state index < -0.39 is 0 Å². The van der Waals surface area contributed by atoms with Crippen LogP contribution in [0.3, 0.4) is 0 Å². The molecule has 0 aliphatic heterocycles. The average molecular weight is 285 g/mol. The maximum absolute atomic E-state index is 11.8. The zero-order chi connectivity index (χ0) is 15.2. The summed E-state index contributed by atoms with van der Waals surface area (Å²) in [6.45, 7) is 4.80. The van der Waals surface area contributed by atoms with Crippen LogP contribution in [0, 0.1) is 5.92 Å². The highest BCUT2D eigenvalue weighted by Gasteiger charge is 2.06. The fourth-order valence-electron chi connectivity index (χ4n) is 2.01. The number of H-pyrrole nitrogens is 1. The summed E-state index contributed by atoms with van der Waals surface area (Å²) < 4.78 is 0. The number of nitrogens with zero attached hydrogens (tertiary/aromatic N) is 1. The Bertz CT molecular complexity index is 639. The van der Waals surface area contributed by atoms with Gasteiger partial charge in [-0.3, -0.25) is 9.59 Å². The van der Waals surface area contributed by atoms with Crippen molar-refractivity contribution in [3.63, 3.8) is 0 Å². The van der Waals surface area contributed by atoms with E-state index in [9.17, 15) is 9.59 Å². The predicted octanol–water partition coefficient (Wildman–Crippen LogP) is 1.90. The number of amides is 1. The molecular weight excluding hydrogens is 266 g/mol. The van der Waals surface area contributed by atoms with Crippen LogP contribution in [0.2, 0.25) is 0 Å². The third kappa shape index (κ3) is 4.56. The maximum atomic E-state index is 11.8. The van der Waals surface area contributed by atoms with E-state index in [4.69, 9.17) is 0 Å². The van der Waals surface area contributed by atoms with Crippen molar-refractivity contribution in [2.75, 3.05) is 0 Å². The van der Waals surface area contributed by atoms with Gasteiger partial charge in [0.15, 0.2) is 0 Å². The van der Waals surface area contributed by atoms with Crippen LogP contribution in [0.4, 0.5) is 0 Å². The first-order chi connectivity index (χ1) is 10.0. The molecule has 0 saturated carbocycles. The van der Waals surface area contributed by atoms with Crippen LogP contribution in [0.1, 0.15) is 35.5 Å². The van der Waals surface area contributed by atoms with E-state index in [1.165, 1.54) is 17.7 Å². The zero-order valence-electron chi connectivity index (χ0n) is 12.2. The smallest absolute Gasteiger partial charge is 0.271 e. The highest BCUT2D eigenvalue weighted by molar-refractivity contribution is 5.91. The van der Waals surface area contributed by atoms with Crippen molar-refractivity contribution in [1.82, 2.24) is 15.5 Å². The van der Waals surface area contributed by atoms with Crippen molar-refractivity contribution in [1.29, 1.82) is 0 Å². The molecule has 2 rings (SSSR count). The minimum Gasteiger partial charge on any atom is -0.347 e. The van der Waals surface area contributed by atoms with Crippen LogP contribution in [-0.4, -0.2) is 16.1 Å². The quantitative estimate of drug-likeness (QED) is 0.881. The molecule has 0 aliphatic rings. The number of hydrogen-bond acceptors (Lipinski definition) is 3. The monoisotopic (exact) mass is 285 g/mol. The van der Waals surface area contributed by atoms with Crippen LogP contribution in [0.25, 0.3) is 0 Å². The first-order valence-corrected chi connectivity index (χ1v) is 6.96. The van der Waals surface area contributed by atoms with Crippen LogP contribution in [0.5, 0.6) is 0 Å². The molecule has 0 unspecified atom stereocenters. The lowest BCUT2D eigenvalue weighted by molar-refractivity contribution is 0.0945. The van der Waals surface area contributed by atoms with Gasteiger partial charge < -0.3 is 5.32 Å². The predicted molar refractivity (Wildman–Crippen MR) is 81.0 cm³/mol. The third-order valence-electron chi connectivity index (χ3n) is 3.03. The molecule has 5 nitrogen and oxygen atoms in total. The molecule has 0 bridgehead atoms. The summed E-state index contributed by atoms with van der Waals surface area (Å²) in [5.41, 5.74) is 2.20. The van der Waals surface area contributed by atoms with Crippen molar-refractivity contribution >= 4 is 5.91 Å². The molecule has 5 heteroatoms. The minimum absolute atomic E-state index is 0.200. The van der Waals surface area contributed by atoms with E-state index in [0.717, 1.165) is 12.0 Å². The van der Waals surface area contributed by atoms with Gasteiger partial charge in [-0.2, -0.15) is 5.10 Å². The molecule has 0 fully saturated rings. The Balaban J connectivity index is 1.92. The van der Waals surface area contributed by atoms with E-state index in [-0.39, 0.29) is 17.2 Å². The van der Waals surface area contributed by atoms with Crippen LogP contribution in [-0.2, 0) is 13.0 Å². The second-order valence-corrected chi connectivity index (χ2v) is 5.40. The lowest BCUT2D eigenvalue weighted by Gasteiger charge is -2.07. The Morgan fingerprint density at radius 3 is 2.38 bits per heavy atom. The van der Waals surface area contributed by atoms with Crippen molar-refractivity contribution in [3.05, 3.63) is 63.6 Å². The maximum Gasteiger partial charge on any atom is 0.271 e. The van der Waals surface area contributed by atoms with E-state index in [2.05, 4.69) is 41.5 Å². The van der Waals surface area contributed by atoms with Gasteiger partial charge >= 0.3 is 0 Å². The Hall–Kier alpha value is -2.43. The summed E-state index contributed by atoms with van der Waals surface area (Å²) in [4.78, 5) is 22.7. The summed E-state index contributed by atoms with van der Waals surface area (Å²) >= 11 is 0. The largest absolute Gasteiger partial charge is 0.347 e. The van der Waals surface area contributed by atoms with Crippen molar-refractivity contribution in [3.8, 4) is 0 Å². The van der Waals surface area contributed by atoms with Crippen molar-refractivity contribution in [2.24, 2.45) is 5.92 Å². The zero-order valence-corrected chi connectivity index (χ0v) is 12.2. The molecule has 1 aromatic heterocycles. The second kappa shape index (κ2) is 6.83. The van der Waals surface area contributed by atoms with Gasteiger partial charge in [-0.15, -0.1) is 0 Å². The molecule has 1 heterocycles. The number of aromatic amines is 1. The van der Waals surface area contributed by atoms with E-state index >= 15 is 0 Å². The van der Waals surface area contributed by atoms with Crippen LogP contribution in [0.15, 0.2) is 41.2 Å².